The maximum atomic E-state index is 5.92. The van der Waals surface area contributed by atoms with Crippen LogP contribution in [0.4, 0.5) is 0 Å². The van der Waals surface area contributed by atoms with Gasteiger partial charge in [-0.1, -0.05) is 35.9 Å². The maximum absolute atomic E-state index is 5.92. The molecule has 0 aliphatic rings. The average molecular weight is 315 g/mol. The van der Waals surface area contributed by atoms with Crippen LogP contribution in [0.1, 0.15) is 0 Å². The minimum Gasteiger partial charge on any atom is -0.0843 e. The van der Waals surface area contributed by atoms with Gasteiger partial charge in [0, 0.05) is 8.59 Å². The van der Waals surface area contributed by atoms with E-state index in [9.17, 15) is 0 Å². The SMILES string of the molecule is Clc1cccc(-c2ccc(I)cc2)c1. The molecule has 0 unspecified atom stereocenters. The third-order valence-electron chi connectivity index (χ3n) is 2.00. The Balaban J connectivity index is 2.44. The first kappa shape index (κ1) is 9.99. The van der Waals surface area contributed by atoms with Gasteiger partial charge in [0.15, 0.2) is 0 Å². The van der Waals surface area contributed by atoms with Crippen LogP contribution in [0.25, 0.3) is 11.1 Å². The average Bonchev–Trinajstić information content (AvgIpc) is 2.19. The lowest BCUT2D eigenvalue weighted by Crippen LogP contribution is -1.77. The van der Waals surface area contributed by atoms with Gasteiger partial charge < -0.3 is 0 Å². The van der Waals surface area contributed by atoms with Crippen molar-refractivity contribution in [2.75, 3.05) is 0 Å². The number of hydrogen-bond donors (Lipinski definition) is 0. The van der Waals surface area contributed by atoms with E-state index < -0.39 is 0 Å². The van der Waals surface area contributed by atoms with E-state index in [1.54, 1.807) is 0 Å². The van der Waals surface area contributed by atoms with Crippen molar-refractivity contribution in [2.24, 2.45) is 0 Å². The van der Waals surface area contributed by atoms with Gasteiger partial charge in [-0.2, -0.15) is 0 Å². The Hall–Kier alpha value is -0.540. The first-order chi connectivity index (χ1) is 6.75. The van der Waals surface area contributed by atoms with Crippen molar-refractivity contribution in [2.45, 2.75) is 0 Å². The monoisotopic (exact) mass is 314 g/mol. The van der Waals surface area contributed by atoms with Gasteiger partial charge in [-0.15, -0.1) is 0 Å². The number of hydrogen-bond acceptors (Lipinski definition) is 0. The summed E-state index contributed by atoms with van der Waals surface area (Å²) in [5, 5.41) is 0.779. The zero-order valence-corrected chi connectivity index (χ0v) is 10.3. The molecule has 0 amide bonds. The summed E-state index contributed by atoms with van der Waals surface area (Å²) in [4.78, 5) is 0. The van der Waals surface area contributed by atoms with E-state index in [-0.39, 0.29) is 0 Å². The third-order valence-corrected chi connectivity index (χ3v) is 2.96. The summed E-state index contributed by atoms with van der Waals surface area (Å²) < 4.78 is 1.24. The van der Waals surface area contributed by atoms with Crippen LogP contribution >= 0.6 is 34.2 Å². The van der Waals surface area contributed by atoms with E-state index in [4.69, 9.17) is 11.6 Å². The molecule has 0 heterocycles. The molecule has 0 saturated carbocycles. The van der Waals surface area contributed by atoms with Crippen molar-refractivity contribution in [1.29, 1.82) is 0 Å². The molecular weight excluding hydrogens is 306 g/mol. The third kappa shape index (κ3) is 2.28. The standard InChI is InChI=1S/C12H8ClI/c13-11-3-1-2-10(8-11)9-4-6-12(14)7-5-9/h1-8H. The molecule has 70 valence electrons. The van der Waals surface area contributed by atoms with Crippen LogP contribution < -0.4 is 0 Å². The van der Waals surface area contributed by atoms with Gasteiger partial charge in [-0.05, 0) is 58.0 Å². The predicted octanol–water partition coefficient (Wildman–Crippen LogP) is 4.61. The van der Waals surface area contributed by atoms with Crippen molar-refractivity contribution in [3.63, 3.8) is 0 Å². The van der Waals surface area contributed by atoms with Gasteiger partial charge in [-0.3, -0.25) is 0 Å². The number of rotatable bonds is 1. The van der Waals surface area contributed by atoms with E-state index in [0.29, 0.717) is 0 Å². The Morgan fingerprint density at radius 3 is 2.21 bits per heavy atom. The van der Waals surface area contributed by atoms with Gasteiger partial charge in [0.25, 0.3) is 0 Å². The van der Waals surface area contributed by atoms with E-state index in [2.05, 4.69) is 52.9 Å². The van der Waals surface area contributed by atoms with Crippen LogP contribution in [0.2, 0.25) is 5.02 Å². The molecule has 0 radical (unpaired) electrons. The molecule has 0 spiro atoms. The molecule has 0 nitrogen and oxygen atoms in total. The summed E-state index contributed by atoms with van der Waals surface area (Å²) in [6.07, 6.45) is 0. The van der Waals surface area contributed by atoms with Gasteiger partial charge in [0.1, 0.15) is 0 Å². The van der Waals surface area contributed by atoms with Crippen molar-refractivity contribution < 1.29 is 0 Å². The molecule has 2 aromatic rings. The number of benzene rings is 2. The summed E-state index contributed by atoms with van der Waals surface area (Å²) in [5.74, 6) is 0. The molecule has 0 aliphatic carbocycles. The van der Waals surface area contributed by atoms with Crippen LogP contribution in [0, 0.1) is 3.57 Å². The van der Waals surface area contributed by atoms with Gasteiger partial charge >= 0.3 is 0 Å². The Labute approximate surface area is 102 Å². The van der Waals surface area contributed by atoms with Crippen LogP contribution in [0.5, 0.6) is 0 Å². The summed E-state index contributed by atoms with van der Waals surface area (Å²) in [5.41, 5.74) is 2.36. The van der Waals surface area contributed by atoms with Crippen molar-refractivity contribution in [1.82, 2.24) is 0 Å². The highest BCUT2D eigenvalue weighted by atomic mass is 127. The van der Waals surface area contributed by atoms with E-state index in [0.717, 1.165) is 10.6 Å². The normalized spacial score (nSPS) is 10.1. The molecule has 0 bridgehead atoms. The lowest BCUT2D eigenvalue weighted by atomic mass is 10.1. The molecule has 2 aromatic carbocycles. The number of halogens is 2. The Morgan fingerprint density at radius 2 is 1.57 bits per heavy atom. The topological polar surface area (TPSA) is 0 Å². The highest BCUT2D eigenvalue weighted by molar-refractivity contribution is 14.1. The fraction of sp³-hybridized carbons (Fsp3) is 0. The predicted molar refractivity (Wildman–Crippen MR) is 69.6 cm³/mol. The van der Waals surface area contributed by atoms with E-state index in [1.807, 2.05) is 18.2 Å². The van der Waals surface area contributed by atoms with Crippen LogP contribution in [-0.2, 0) is 0 Å². The molecule has 0 N–H and O–H groups in total. The first-order valence-corrected chi connectivity index (χ1v) is 5.73. The quantitative estimate of drug-likeness (QED) is 0.674. The minimum absolute atomic E-state index is 0.779. The van der Waals surface area contributed by atoms with E-state index >= 15 is 0 Å². The van der Waals surface area contributed by atoms with Crippen molar-refractivity contribution in [3.8, 4) is 11.1 Å². The second-order valence-electron chi connectivity index (χ2n) is 3.02. The summed E-state index contributed by atoms with van der Waals surface area (Å²) >= 11 is 8.22. The molecule has 2 heteroatoms. The minimum atomic E-state index is 0.779. The van der Waals surface area contributed by atoms with Gasteiger partial charge in [-0.25, -0.2) is 0 Å². The second kappa shape index (κ2) is 4.32. The molecule has 0 aromatic heterocycles. The van der Waals surface area contributed by atoms with Gasteiger partial charge in [0.2, 0.25) is 0 Å². The first-order valence-electron chi connectivity index (χ1n) is 4.27. The fourth-order valence-electron chi connectivity index (χ4n) is 1.31. The summed E-state index contributed by atoms with van der Waals surface area (Å²) in [7, 11) is 0. The molecule has 2 rings (SSSR count). The maximum Gasteiger partial charge on any atom is 0.0412 e. The highest BCUT2D eigenvalue weighted by Gasteiger charge is 1.97. The van der Waals surface area contributed by atoms with Crippen LogP contribution in [0.3, 0.4) is 0 Å². The Morgan fingerprint density at radius 1 is 0.857 bits per heavy atom. The molecule has 0 fully saturated rings. The molecule has 0 saturated heterocycles. The Kier molecular flexibility index (Phi) is 3.08. The molecule has 14 heavy (non-hydrogen) atoms. The molecular formula is C12H8ClI. The summed E-state index contributed by atoms with van der Waals surface area (Å²) in [6, 6.07) is 16.3. The summed E-state index contributed by atoms with van der Waals surface area (Å²) in [6.45, 7) is 0. The molecule has 0 aliphatic heterocycles. The second-order valence-corrected chi connectivity index (χ2v) is 4.70. The van der Waals surface area contributed by atoms with E-state index in [1.165, 1.54) is 9.13 Å². The lowest BCUT2D eigenvalue weighted by Gasteiger charge is -2.01. The lowest BCUT2D eigenvalue weighted by molar-refractivity contribution is 1.59. The van der Waals surface area contributed by atoms with Crippen LogP contribution in [0.15, 0.2) is 48.5 Å². The van der Waals surface area contributed by atoms with Crippen molar-refractivity contribution in [3.05, 3.63) is 57.1 Å². The highest BCUT2D eigenvalue weighted by Crippen LogP contribution is 2.23. The Bertz CT molecular complexity index is 434. The van der Waals surface area contributed by atoms with Crippen molar-refractivity contribution >= 4 is 34.2 Å². The zero-order chi connectivity index (χ0) is 9.97. The van der Waals surface area contributed by atoms with Crippen LogP contribution in [-0.4, -0.2) is 0 Å². The largest absolute Gasteiger partial charge is 0.0843 e. The molecule has 0 atom stereocenters. The fourth-order valence-corrected chi connectivity index (χ4v) is 1.86. The smallest absolute Gasteiger partial charge is 0.0412 e. The van der Waals surface area contributed by atoms with Gasteiger partial charge in [0.05, 0.1) is 0 Å². The zero-order valence-electron chi connectivity index (χ0n) is 7.37.